The molecule has 3 rings (SSSR count). The van der Waals surface area contributed by atoms with Crippen LogP contribution in [0.25, 0.3) is 10.8 Å². The molecule has 0 spiro atoms. The van der Waals surface area contributed by atoms with Crippen molar-refractivity contribution in [3.05, 3.63) is 77.4 Å². The molecule has 2 N–H and O–H groups in total. The van der Waals surface area contributed by atoms with Gasteiger partial charge in [-0.3, -0.25) is 14.4 Å². The summed E-state index contributed by atoms with van der Waals surface area (Å²) in [6.07, 6.45) is 0.179. The molecule has 0 aliphatic carbocycles. The van der Waals surface area contributed by atoms with Gasteiger partial charge in [-0.25, -0.2) is 0 Å². The summed E-state index contributed by atoms with van der Waals surface area (Å²) < 4.78 is 0. The first-order valence-electron chi connectivity index (χ1n) is 11.5. The summed E-state index contributed by atoms with van der Waals surface area (Å²) in [6.45, 7) is 7.51. The fraction of sp³-hybridized carbons (Fsp3) is 0.321. The molecule has 0 aliphatic heterocycles. The van der Waals surface area contributed by atoms with E-state index in [2.05, 4.69) is 10.6 Å². The molecule has 0 saturated heterocycles. The van der Waals surface area contributed by atoms with Crippen molar-refractivity contribution < 1.29 is 14.4 Å². The Labute approximate surface area is 201 Å². The van der Waals surface area contributed by atoms with Crippen LogP contribution >= 0.6 is 0 Å². The highest BCUT2D eigenvalue weighted by Gasteiger charge is 2.28. The van der Waals surface area contributed by atoms with Crippen LogP contribution in [0.2, 0.25) is 0 Å². The molecule has 0 fully saturated rings. The Morgan fingerprint density at radius 2 is 1.50 bits per heavy atom. The van der Waals surface area contributed by atoms with E-state index in [0.29, 0.717) is 0 Å². The first-order chi connectivity index (χ1) is 16.2. The number of aryl methyl sites for hydroxylation is 2. The number of anilines is 1. The summed E-state index contributed by atoms with van der Waals surface area (Å²) in [5, 5.41) is 7.96. The molecule has 3 aromatic rings. The van der Waals surface area contributed by atoms with Crippen LogP contribution in [0.15, 0.2) is 60.7 Å². The maximum Gasteiger partial charge on any atom is 0.245 e. The van der Waals surface area contributed by atoms with Gasteiger partial charge >= 0.3 is 0 Å². The van der Waals surface area contributed by atoms with Crippen LogP contribution < -0.4 is 10.6 Å². The van der Waals surface area contributed by atoms with Gasteiger partial charge in [-0.2, -0.15) is 0 Å². The lowest BCUT2D eigenvalue weighted by molar-refractivity contribution is -0.138. The Morgan fingerprint density at radius 1 is 0.853 bits per heavy atom. The van der Waals surface area contributed by atoms with Gasteiger partial charge < -0.3 is 15.5 Å². The lowest BCUT2D eigenvalue weighted by Gasteiger charge is -2.27. The quantitative estimate of drug-likeness (QED) is 0.529. The van der Waals surface area contributed by atoms with Crippen molar-refractivity contribution >= 4 is 34.2 Å². The van der Waals surface area contributed by atoms with Crippen LogP contribution in [0.1, 0.15) is 30.5 Å². The van der Waals surface area contributed by atoms with Gasteiger partial charge in [0.2, 0.25) is 17.7 Å². The van der Waals surface area contributed by atoms with Crippen LogP contribution in [-0.2, 0) is 20.8 Å². The highest BCUT2D eigenvalue weighted by Crippen LogP contribution is 2.19. The average molecular weight is 460 g/mol. The van der Waals surface area contributed by atoms with Gasteiger partial charge in [-0.05, 0) is 47.2 Å². The number of hydrogen-bond donors (Lipinski definition) is 2. The molecule has 3 aromatic carbocycles. The van der Waals surface area contributed by atoms with E-state index in [9.17, 15) is 14.4 Å². The molecule has 1 atom stereocenters. The van der Waals surface area contributed by atoms with E-state index in [1.165, 1.54) is 4.90 Å². The molecule has 6 heteroatoms. The first kappa shape index (κ1) is 25.0. The highest BCUT2D eigenvalue weighted by atomic mass is 16.2. The topological polar surface area (TPSA) is 78.5 Å². The standard InChI is InChI=1S/C28H33N3O3/c1-18(2)26(29-24(32)16-21-13-14-22-11-6-7-12-23(22)15-21)28(34)31(5)17-25(33)30-27-19(3)9-8-10-20(27)4/h6-15,18,26H,16-17H2,1-5H3,(H,29,32)(H,30,33). The molecule has 1 unspecified atom stereocenters. The Hall–Kier alpha value is -3.67. The van der Waals surface area contributed by atoms with Gasteiger partial charge in [0.05, 0.1) is 13.0 Å². The van der Waals surface area contributed by atoms with Crippen molar-refractivity contribution in [2.24, 2.45) is 5.92 Å². The third kappa shape index (κ3) is 6.22. The molecular formula is C28H33N3O3. The maximum atomic E-state index is 13.1. The molecular weight excluding hydrogens is 426 g/mol. The van der Waals surface area contributed by atoms with Crippen molar-refractivity contribution in [1.29, 1.82) is 0 Å². The summed E-state index contributed by atoms with van der Waals surface area (Å²) in [7, 11) is 1.58. The molecule has 178 valence electrons. The van der Waals surface area contributed by atoms with E-state index in [4.69, 9.17) is 0 Å². The van der Waals surface area contributed by atoms with Gasteiger partial charge in [-0.15, -0.1) is 0 Å². The first-order valence-corrected chi connectivity index (χ1v) is 11.5. The van der Waals surface area contributed by atoms with E-state index < -0.39 is 6.04 Å². The number of rotatable bonds is 8. The number of carbonyl (C=O) groups excluding carboxylic acids is 3. The van der Waals surface area contributed by atoms with Crippen molar-refractivity contribution in [3.8, 4) is 0 Å². The largest absolute Gasteiger partial charge is 0.344 e. The number of likely N-dealkylation sites (N-methyl/N-ethyl adjacent to an activating group) is 1. The zero-order valence-corrected chi connectivity index (χ0v) is 20.5. The summed E-state index contributed by atoms with van der Waals surface area (Å²) in [6, 6.07) is 19.0. The van der Waals surface area contributed by atoms with Crippen molar-refractivity contribution in [2.75, 3.05) is 18.9 Å². The van der Waals surface area contributed by atoms with Crippen molar-refractivity contribution in [2.45, 2.75) is 40.2 Å². The van der Waals surface area contributed by atoms with Crippen LogP contribution in [0.5, 0.6) is 0 Å². The average Bonchev–Trinajstić information content (AvgIpc) is 2.79. The number of para-hydroxylation sites is 1. The maximum absolute atomic E-state index is 13.1. The molecule has 0 saturated carbocycles. The second kappa shape index (κ2) is 11.0. The minimum absolute atomic E-state index is 0.101. The second-order valence-corrected chi connectivity index (χ2v) is 9.16. The SMILES string of the molecule is Cc1cccc(C)c1NC(=O)CN(C)C(=O)C(NC(=O)Cc1ccc2ccccc2c1)C(C)C. The van der Waals surface area contributed by atoms with E-state index >= 15 is 0 Å². The summed E-state index contributed by atoms with van der Waals surface area (Å²) >= 11 is 0. The lowest BCUT2D eigenvalue weighted by Crippen LogP contribution is -2.51. The molecule has 0 radical (unpaired) electrons. The smallest absolute Gasteiger partial charge is 0.245 e. The monoisotopic (exact) mass is 459 g/mol. The van der Waals surface area contributed by atoms with Crippen molar-refractivity contribution in [1.82, 2.24) is 10.2 Å². The second-order valence-electron chi connectivity index (χ2n) is 9.16. The number of benzene rings is 3. The summed E-state index contributed by atoms with van der Waals surface area (Å²) in [5.41, 5.74) is 3.57. The number of fused-ring (bicyclic) bond motifs is 1. The van der Waals surface area contributed by atoms with Crippen LogP contribution in [-0.4, -0.2) is 42.3 Å². The number of carbonyl (C=O) groups is 3. The molecule has 3 amide bonds. The molecule has 0 bridgehead atoms. The van der Waals surface area contributed by atoms with Crippen molar-refractivity contribution in [3.63, 3.8) is 0 Å². The molecule has 6 nitrogen and oxygen atoms in total. The fourth-order valence-corrected chi connectivity index (χ4v) is 3.99. The third-order valence-electron chi connectivity index (χ3n) is 5.93. The third-order valence-corrected chi connectivity index (χ3v) is 5.93. The zero-order valence-electron chi connectivity index (χ0n) is 20.5. The predicted octanol–water partition coefficient (Wildman–Crippen LogP) is 4.24. The van der Waals surface area contributed by atoms with E-state index in [1.54, 1.807) is 7.05 Å². The van der Waals surface area contributed by atoms with Gasteiger partial charge in [0, 0.05) is 12.7 Å². The van der Waals surface area contributed by atoms with Crippen LogP contribution in [0.3, 0.4) is 0 Å². The van der Waals surface area contributed by atoms with Crippen LogP contribution in [0.4, 0.5) is 5.69 Å². The van der Waals surface area contributed by atoms with Gasteiger partial charge in [0.25, 0.3) is 0 Å². The van der Waals surface area contributed by atoms with Crippen LogP contribution in [0, 0.1) is 19.8 Å². The number of hydrogen-bond acceptors (Lipinski definition) is 3. The molecule has 34 heavy (non-hydrogen) atoms. The van der Waals surface area contributed by atoms with Gasteiger partial charge in [0.1, 0.15) is 6.04 Å². The predicted molar refractivity (Wildman–Crippen MR) is 137 cm³/mol. The van der Waals surface area contributed by atoms with Gasteiger partial charge in [0.15, 0.2) is 0 Å². The molecule has 0 aliphatic rings. The minimum Gasteiger partial charge on any atom is -0.344 e. The normalized spacial score (nSPS) is 11.8. The number of nitrogens with zero attached hydrogens (tertiary/aromatic N) is 1. The molecule has 0 heterocycles. The molecule has 0 aromatic heterocycles. The number of nitrogens with one attached hydrogen (secondary N) is 2. The number of amides is 3. The Bertz CT molecular complexity index is 1180. The lowest BCUT2D eigenvalue weighted by atomic mass is 10.0. The Balaban J connectivity index is 1.62. The minimum atomic E-state index is -0.717. The van der Waals surface area contributed by atoms with E-state index in [1.807, 2.05) is 88.4 Å². The highest BCUT2D eigenvalue weighted by molar-refractivity contribution is 5.97. The van der Waals surface area contributed by atoms with Gasteiger partial charge in [-0.1, -0.05) is 74.5 Å². The zero-order chi connectivity index (χ0) is 24.8. The summed E-state index contributed by atoms with van der Waals surface area (Å²) in [5.74, 6) is -0.926. The van der Waals surface area contributed by atoms with E-state index in [-0.39, 0.29) is 36.6 Å². The summed E-state index contributed by atoms with van der Waals surface area (Å²) in [4.78, 5) is 39.8. The Morgan fingerprint density at radius 3 is 2.15 bits per heavy atom. The van der Waals surface area contributed by atoms with E-state index in [0.717, 1.165) is 33.2 Å². The Kier molecular flexibility index (Phi) is 8.05. The fourth-order valence-electron chi connectivity index (χ4n) is 3.99.